The van der Waals surface area contributed by atoms with Crippen LogP contribution in [-0.4, -0.2) is 19.9 Å². The zero-order valence-electron chi connectivity index (χ0n) is 21.6. The first-order valence-electron chi connectivity index (χ1n) is 12.3. The minimum absolute atomic E-state index is 0.694. The predicted molar refractivity (Wildman–Crippen MR) is 160 cm³/mol. The highest BCUT2D eigenvalue weighted by molar-refractivity contribution is 6.35. The van der Waals surface area contributed by atoms with Gasteiger partial charge in [0.05, 0.1) is 22.2 Å². The number of H-pyrrole nitrogens is 4. The van der Waals surface area contributed by atoms with Crippen molar-refractivity contribution in [2.75, 3.05) is 0 Å². The van der Waals surface area contributed by atoms with Crippen molar-refractivity contribution in [2.45, 2.75) is 20.8 Å². The first-order valence-corrected chi connectivity index (χ1v) is 12.7. The van der Waals surface area contributed by atoms with Crippen LogP contribution in [0.2, 0.25) is 5.02 Å². The van der Waals surface area contributed by atoms with Gasteiger partial charge in [0.1, 0.15) is 0 Å². The van der Waals surface area contributed by atoms with Gasteiger partial charge < -0.3 is 19.9 Å². The lowest BCUT2D eigenvalue weighted by atomic mass is 10.2. The normalized spacial score (nSPS) is 10.1. The van der Waals surface area contributed by atoms with Gasteiger partial charge in [-0.2, -0.15) is 5.26 Å². The van der Waals surface area contributed by atoms with Gasteiger partial charge in [0.25, 0.3) is 0 Å². The van der Waals surface area contributed by atoms with Crippen molar-refractivity contribution >= 4 is 44.3 Å². The van der Waals surface area contributed by atoms with Crippen LogP contribution in [0, 0.1) is 32.1 Å². The van der Waals surface area contributed by atoms with E-state index in [4.69, 9.17) is 16.9 Å². The van der Waals surface area contributed by atoms with Crippen LogP contribution in [0.5, 0.6) is 0 Å². The summed E-state index contributed by atoms with van der Waals surface area (Å²) in [5.41, 5.74) is 7.89. The van der Waals surface area contributed by atoms with Crippen molar-refractivity contribution in [3.05, 3.63) is 131 Å². The first-order chi connectivity index (χ1) is 18.5. The molecule has 7 aromatic rings. The third kappa shape index (κ3) is 6.56. The van der Waals surface area contributed by atoms with Crippen LogP contribution in [0.3, 0.4) is 0 Å². The summed E-state index contributed by atoms with van der Waals surface area (Å²) in [4.78, 5) is 12.4. The maximum Gasteiger partial charge on any atom is 0.0992 e. The minimum atomic E-state index is 0.694. The molecular weight excluding hydrogens is 490 g/mol. The van der Waals surface area contributed by atoms with E-state index in [0.29, 0.717) is 5.56 Å². The molecule has 0 aliphatic carbocycles. The van der Waals surface area contributed by atoms with Gasteiger partial charge in [0, 0.05) is 46.9 Å². The van der Waals surface area contributed by atoms with Crippen LogP contribution in [0.15, 0.2) is 104 Å². The van der Waals surface area contributed by atoms with Crippen LogP contribution in [0.1, 0.15) is 22.4 Å². The lowest BCUT2D eigenvalue weighted by molar-refractivity contribution is 1.23. The van der Waals surface area contributed by atoms with Gasteiger partial charge in [0.15, 0.2) is 0 Å². The molecule has 7 rings (SSSR count). The van der Waals surface area contributed by atoms with E-state index in [1.165, 1.54) is 27.7 Å². The molecule has 0 fully saturated rings. The molecule has 4 N–H and O–H groups in total. The fraction of sp³-hybridized carbons (Fsp3) is 0.0938. The van der Waals surface area contributed by atoms with Gasteiger partial charge in [-0.15, -0.1) is 0 Å². The Balaban J connectivity index is 0.000000119. The lowest BCUT2D eigenvalue weighted by Crippen LogP contribution is -1.72. The number of nitrogens with zero attached hydrogens (tertiary/aromatic N) is 1. The number of rotatable bonds is 0. The fourth-order valence-electron chi connectivity index (χ4n) is 3.94. The van der Waals surface area contributed by atoms with Crippen molar-refractivity contribution in [1.82, 2.24) is 19.9 Å². The summed E-state index contributed by atoms with van der Waals surface area (Å²) >= 11 is 5.87. The lowest BCUT2D eigenvalue weighted by Gasteiger charge is -1.92. The van der Waals surface area contributed by atoms with E-state index in [1.807, 2.05) is 73.3 Å². The number of para-hydroxylation sites is 2. The van der Waals surface area contributed by atoms with Crippen LogP contribution in [0.4, 0.5) is 0 Å². The molecule has 0 unspecified atom stereocenters. The number of hydrogen-bond donors (Lipinski definition) is 4. The van der Waals surface area contributed by atoms with Gasteiger partial charge in [0.2, 0.25) is 0 Å². The molecule has 38 heavy (non-hydrogen) atoms. The summed E-state index contributed by atoms with van der Waals surface area (Å²) in [7, 11) is 0. The van der Waals surface area contributed by atoms with Gasteiger partial charge in [-0.05, 0) is 85.1 Å². The molecule has 0 radical (unpaired) electrons. The van der Waals surface area contributed by atoms with Gasteiger partial charge in [-0.3, -0.25) is 0 Å². The van der Waals surface area contributed by atoms with Crippen molar-refractivity contribution in [1.29, 1.82) is 5.26 Å². The van der Waals surface area contributed by atoms with Crippen LogP contribution >= 0.6 is 11.6 Å². The topological polar surface area (TPSA) is 86.9 Å². The number of aromatic nitrogens is 4. The Morgan fingerprint density at radius 2 is 1.24 bits per heavy atom. The van der Waals surface area contributed by atoms with E-state index in [1.54, 1.807) is 0 Å². The zero-order chi connectivity index (χ0) is 26.9. The van der Waals surface area contributed by atoms with Crippen LogP contribution in [0.25, 0.3) is 32.7 Å². The number of fused-ring (bicyclic) bond motifs is 3. The molecule has 3 aromatic carbocycles. The summed E-state index contributed by atoms with van der Waals surface area (Å²) in [5, 5.41) is 12.9. The maximum atomic E-state index is 8.57. The largest absolute Gasteiger partial charge is 0.365 e. The standard InChI is InChI=1S/C9H6N2.C9H9N.C8H6ClN.C6H9N/c10-6-7-1-2-8-3-4-11-9(8)5-7;1-7-3-2-4-8-5-6-10-9(7)8;9-7-3-1-2-6-4-5-10-8(6)7;1-5-3-4-7-6(5)2/h1-5,11H;2-6,10H,1H3;1-5,10H;3-4,7H,1-2H3. The second-order valence-electron chi connectivity index (χ2n) is 8.88. The molecular formula is C32H30ClN5. The third-order valence-corrected chi connectivity index (χ3v) is 6.56. The summed E-state index contributed by atoms with van der Waals surface area (Å²) in [6, 6.07) is 28.0. The van der Waals surface area contributed by atoms with E-state index in [0.717, 1.165) is 26.8 Å². The highest BCUT2D eigenvalue weighted by Crippen LogP contribution is 2.20. The number of hydrogen-bond acceptors (Lipinski definition) is 1. The quantitative estimate of drug-likeness (QED) is 0.158. The zero-order valence-corrected chi connectivity index (χ0v) is 22.4. The van der Waals surface area contributed by atoms with Crippen molar-refractivity contribution in [3.8, 4) is 6.07 Å². The van der Waals surface area contributed by atoms with Gasteiger partial charge in [-0.1, -0.05) is 48.0 Å². The molecule has 4 aromatic heterocycles. The molecule has 0 saturated carbocycles. The molecule has 0 saturated heterocycles. The highest BCUT2D eigenvalue weighted by atomic mass is 35.5. The summed E-state index contributed by atoms with van der Waals surface area (Å²) < 4.78 is 0. The van der Waals surface area contributed by atoms with Crippen LogP contribution in [-0.2, 0) is 0 Å². The van der Waals surface area contributed by atoms with E-state index in [2.05, 4.69) is 77.1 Å². The molecule has 0 aliphatic heterocycles. The van der Waals surface area contributed by atoms with Crippen molar-refractivity contribution in [3.63, 3.8) is 0 Å². The van der Waals surface area contributed by atoms with Crippen molar-refractivity contribution in [2.24, 2.45) is 0 Å². The van der Waals surface area contributed by atoms with Crippen LogP contribution < -0.4 is 0 Å². The maximum absolute atomic E-state index is 8.57. The highest BCUT2D eigenvalue weighted by Gasteiger charge is 1.96. The Labute approximate surface area is 227 Å². The predicted octanol–water partition coefficient (Wildman–Crippen LogP) is 8.97. The number of halogens is 1. The third-order valence-electron chi connectivity index (χ3n) is 6.24. The van der Waals surface area contributed by atoms with E-state index in [9.17, 15) is 0 Å². The summed E-state index contributed by atoms with van der Waals surface area (Å²) in [6.45, 7) is 6.26. The SMILES string of the molecule is Cc1cc[nH]c1C.Cc1cccc2cc[nH]c12.Clc1cccc2cc[nH]c12.N#Cc1ccc2cc[nH]c2c1. The fourth-order valence-corrected chi connectivity index (χ4v) is 4.17. The Morgan fingerprint density at radius 1 is 0.605 bits per heavy atom. The molecule has 0 aliphatic rings. The molecule has 4 heterocycles. The second kappa shape index (κ2) is 12.5. The summed E-state index contributed by atoms with van der Waals surface area (Å²) in [6.07, 6.45) is 7.67. The molecule has 0 atom stereocenters. The molecule has 0 spiro atoms. The average molecular weight is 520 g/mol. The Morgan fingerprint density at radius 3 is 1.84 bits per heavy atom. The monoisotopic (exact) mass is 519 g/mol. The number of aryl methyl sites for hydroxylation is 3. The minimum Gasteiger partial charge on any atom is -0.365 e. The second-order valence-corrected chi connectivity index (χ2v) is 9.28. The number of nitriles is 1. The van der Waals surface area contributed by atoms with Gasteiger partial charge >= 0.3 is 0 Å². The molecule has 0 amide bonds. The number of aromatic amines is 4. The van der Waals surface area contributed by atoms with Gasteiger partial charge in [-0.25, -0.2) is 0 Å². The molecule has 190 valence electrons. The first kappa shape index (κ1) is 26.4. The molecule has 5 nitrogen and oxygen atoms in total. The van der Waals surface area contributed by atoms with E-state index >= 15 is 0 Å². The summed E-state index contributed by atoms with van der Waals surface area (Å²) in [5.74, 6) is 0. The number of benzene rings is 3. The molecule has 6 heteroatoms. The molecule has 0 bridgehead atoms. The van der Waals surface area contributed by atoms with E-state index < -0.39 is 0 Å². The van der Waals surface area contributed by atoms with Crippen molar-refractivity contribution < 1.29 is 0 Å². The smallest absolute Gasteiger partial charge is 0.0992 e. The van der Waals surface area contributed by atoms with E-state index in [-0.39, 0.29) is 0 Å². The number of nitrogens with one attached hydrogen (secondary N) is 4. The Hall–Kier alpha value is -4.66. The Kier molecular flexibility index (Phi) is 8.71. The average Bonchev–Trinajstić information content (AvgIpc) is 3.74. The Bertz CT molecular complexity index is 1700.